The van der Waals surface area contributed by atoms with Gasteiger partial charge in [0.05, 0.1) is 11.6 Å². The van der Waals surface area contributed by atoms with Crippen LogP contribution in [-0.2, 0) is 0 Å². The molecule has 0 radical (unpaired) electrons. The van der Waals surface area contributed by atoms with Gasteiger partial charge in [0.15, 0.2) is 0 Å². The average Bonchev–Trinajstić information content (AvgIpc) is 2.47. The van der Waals surface area contributed by atoms with Gasteiger partial charge < -0.3 is 0 Å². The summed E-state index contributed by atoms with van der Waals surface area (Å²) in [5.74, 6) is 5.80. The molecule has 0 aliphatic rings. The molecule has 1 unspecified atom stereocenters. The number of nitrogens with two attached hydrogens (primary N) is 1. The summed E-state index contributed by atoms with van der Waals surface area (Å²) in [6.07, 6.45) is 1.78. The Morgan fingerprint density at radius 3 is 2.76 bits per heavy atom. The number of nitrogens with one attached hydrogen (secondary N) is 1. The standard InChI is InChI=1S/C16H13BrClN3/c17-11-7-10(8-12(18)9-11)16(21-19)14-3-1-5-15-13(14)4-2-6-20-15/h1-9,16,21H,19H2. The van der Waals surface area contributed by atoms with E-state index in [-0.39, 0.29) is 6.04 Å². The molecule has 3 nitrogen and oxygen atoms in total. The molecular weight excluding hydrogens is 350 g/mol. The number of hydrogen-bond acceptors (Lipinski definition) is 3. The predicted molar refractivity (Wildman–Crippen MR) is 90.1 cm³/mol. The molecule has 0 bridgehead atoms. The van der Waals surface area contributed by atoms with Crippen LogP contribution in [0.1, 0.15) is 17.2 Å². The monoisotopic (exact) mass is 361 g/mol. The van der Waals surface area contributed by atoms with Crippen molar-refractivity contribution in [1.82, 2.24) is 10.4 Å². The van der Waals surface area contributed by atoms with Crippen molar-refractivity contribution in [2.24, 2.45) is 5.84 Å². The van der Waals surface area contributed by atoms with E-state index in [2.05, 4.69) is 26.3 Å². The summed E-state index contributed by atoms with van der Waals surface area (Å²) in [4.78, 5) is 4.38. The van der Waals surface area contributed by atoms with Crippen LogP contribution in [0.15, 0.2) is 59.2 Å². The first-order valence-corrected chi connectivity index (χ1v) is 7.62. The number of pyridine rings is 1. The molecule has 21 heavy (non-hydrogen) atoms. The maximum Gasteiger partial charge on any atom is 0.0717 e. The lowest BCUT2D eigenvalue weighted by molar-refractivity contribution is 0.640. The summed E-state index contributed by atoms with van der Waals surface area (Å²) in [7, 11) is 0. The molecule has 1 aromatic heterocycles. The van der Waals surface area contributed by atoms with Gasteiger partial charge in [-0.15, -0.1) is 0 Å². The first kappa shape index (κ1) is 14.5. The fourth-order valence-corrected chi connectivity index (χ4v) is 3.37. The lowest BCUT2D eigenvalue weighted by Gasteiger charge is -2.19. The molecule has 0 fully saturated rings. The molecule has 106 valence electrons. The number of hydrazine groups is 1. The molecule has 5 heteroatoms. The van der Waals surface area contributed by atoms with Crippen LogP contribution in [0.5, 0.6) is 0 Å². The van der Waals surface area contributed by atoms with Gasteiger partial charge in [0.2, 0.25) is 0 Å². The fourth-order valence-electron chi connectivity index (χ4n) is 2.49. The molecule has 3 N–H and O–H groups in total. The Morgan fingerprint density at radius 2 is 2.00 bits per heavy atom. The highest BCUT2D eigenvalue weighted by atomic mass is 79.9. The van der Waals surface area contributed by atoms with Gasteiger partial charge in [-0.2, -0.15) is 0 Å². The molecule has 2 aromatic carbocycles. The zero-order valence-corrected chi connectivity index (χ0v) is 13.4. The number of hydrogen-bond donors (Lipinski definition) is 2. The van der Waals surface area contributed by atoms with Crippen LogP contribution >= 0.6 is 27.5 Å². The Labute approximate surface area is 136 Å². The number of nitrogens with zero attached hydrogens (tertiary/aromatic N) is 1. The Kier molecular flexibility index (Phi) is 4.22. The summed E-state index contributed by atoms with van der Waals surface area (Å²) >= 11 is 9.61. The fraction of sp³-hybridized carbons (Fsp3) is 0.0625. The first-order chi connectivity index (χ1) is 10.2. The van der Waals surface area contributed by atoms with Crippen molar-refractivity contribution >= 4 is 38.4 Å². The van der Waals surface area contributed by atoms with E-state index in [4.69, 9.17) is 17.4 Å². The Morgan fingerprint density at radius 1 is 1.14 bits per heavy atom. The smallest absolute Gasteiger partial charge is 0.0717 e. The molecule has 1 heterocycles. The minimum atomic E-state index is -0.159. The number of rotatable bonds is 3. The second-order valence-electron chi connectivity index (χ2n) is 4.72. The lowest BCUT2D eigenvalue weighted by atomic mass is 9.96. The summed E-state index contributed by atoms with van der Waals surface area (Å²) in [5, 5.41) is 1.73. The quantitative estimate of drug-likeness (QED) is 0.542. The molecule has 1 atom stereocenters. The number of aromatic nitrogens is 1. The van der Waals surface area contributed by atoms with Crippen molar-refractivity contribution in [3.8, 4) is 0 Å². The average molecular weight is 363 g/mol. The van der Waals surface area contributed by atoms with Gasteiger partial charge in [0, 0.05) is 21.1 Å². The molecule has 3 aromatic rings. The van der Waals surface area contributed by atoms with Gasteiger partial charge in [-0.3, -0.25) is 10.8 Å². The third-order valence-electron chi connectivity index (χ3n) is 3.38. The van der Waals surface area contributed by atoms with Crippen LogP contribution in [0.4, 0.5) is 0 Å². The molecule has 0 aliphatic heterocycles. The van der Waals surface area contributed by atoms with Crippen molar-refractivity contribution in [3.05, 3.63) is 75.4 Å². The van der Waals surface area contributed by atoms with E-state index < -0.39 is 0 Å². The molecule has 3 rings (SSSR count). The normalized spacial score (nSPS) is 12.5. The maximum absolute atomic E-state index is 6.15. The second kappa shape index (κ2) is 6.12. The molecule has 0 aliphatic carbocycles. The predicted octanol–water partition coefficient (Wildman–Crippen LogP) is 4.20. The number of halogens is 2. The molecular formula is C16H13BrClN3. The lowest BCUT2D eigenvalue weighted by Crippen LogP contribution is -2.29. The van der Waals surface area contributed by atoms with Crippen LogP contribution in [0, 0.1) is 0 Å². The second-order valence-corrected chi connectivity index (χ2v) is 6.07. The van der Waals surface area contributed by atoms with Crippen LogP contribution in [-0.4, -0.2) is 4.98 Å². The largest absolute Gasteiger partial charge is 0.271 e. The summed E-state index contributed by atoms with van der Waals surface area (Å²) in [5.41, 5.74) is 5.88. The summed E-state index contributed by atoms with van der Waals surface area (Å²) in [6.45, 7) is 0. The van der Waals surface area contributed by atoms with Crippen molar-refractivity contribution in [2.75, 3.05) is 0 Å². The first-order valence-electron chi connectivity index (χ1n) is 6.45. The minimum Gasteiger partial charge on any atom is -0.271 e. The number of fused-ring (bicyclic) bond motifs is 1. The van der Waals surface area contributed by atoms with E-state index in [1.165, 1.54) is 0 Å². The van der Waals surface area contributed by atoms with Gasteiger partial charge in [0.25, 0.3) is 0 Å². The van der Waals surface area contributed by atoms with Crippen LogP contribution in [0.3, 0.4) is 0 Å². The van der Waals surface area contributed by atoms with Crippen molar-refractivity contribution < 1.29 is 0 Å². The maximum atomic E-state index is 6.15. The van der Waals surface area contributed by atoms with E-state index in [9.17, 15) is 0 Å². The molecule has 0 amide bonds. The van der Waals surface area contributed by atoms with Gasteiger partial charge in [-0.05, 0) is 41.5 Å². The van der Waals surface area contributed by atoms with E-state index in [0.717, 1.165) is 26.5 Å². The topological polar surface area (TPSA) is 50.9 Å². The zero-order valence-electron chi connectivity index (χ0n) is 11.1. The van der Waals surface area contributed by atoms with E-state index in [1.807, 2.05) is 48.5 Å². The van der Waals surface area contributed by atoms with Gasteiger partial charge in [-0.1, -0.05) is 45.7 Å². The van der Waals surface area contributed by atoms with E-state index >= 15 is 0 Å². The highest BCUT2D eigenvalue weighted by Gasteiger charge is 2.16. The van der Waals surface area contributed by atoms with E-state index in [1.54, 1.807) is 6.20 Å². The van der Waals surface area contributed by atoms with Crippen molar-refractivity contribution in [3.63, 3.8) is 0 Å². The third-order valence-corrected chi connectivity index (χ3v) is 4.05. The Bertz CT molecular complexity index is 766. The van der Waals surface area contributed by atoms with Crippen molar-refractivity contribution in [2.45, 2.75) is 6.04 Å². The SMILES string of the molecule is NNC(c1cc(Cl)cc(Br)c1)c1cccc2ncccc12. The molecule has 0 spiro atoms. The minimum absolute atomic E-state index is 0.159. The molecule has 0 saturated heterocycles. The van der Waals surface area contributed by atoms with Crippen LogP contribution in [0.25, 0.3) is 10.9 Å². The van der Waals surface area contributed by atoms with Gasteiger partial charge >= 0.3 is 0 Å². The van der Waals surface area contributed by atoms with Crippen molar-refractivity contribution in [1.29, 1.82) is 0 Å². The third kappa shape index (κ3) is 2.94. The highest BCUT2D eigenvalue weighted by Crippen LogP contribution is 2.31. The van der Waals surface area contributed by atoms with Gasteiger partial charge in [0.1, 0.15) is 0 Å². The van der Waals surface area contributed by atoms with Crippen LogP contribution < -0.4 is 11.3 Å². The summed E-state index contributed by atoms with van der Waals surface area (Å²) < 4.78 is 0.920. The Hall–Kier alpha value is -1.46. The van der Waals surface area contributed by atoms with E-state index in [0.29, 0.717) is 5.02 Å². The number of benzene rings is 2. The van der Waals surface area contributed by atoms with Gasteiger partial charge in [-0.25, -0.2) is 5.43 Å². The zero-order chi connectivity index (χ0) is 14.8. The summed E-state index contributed by atoms with van der Waals surface area (Å²) in [6, 6.07) is 15.6. The van der Waals surface area contributed by atoms with Crippen LogP contribution in [0.2, 0.25) is 5.02 Å². The highest BCUT2D eigenvalue weighted by molar-refractivity contribution is 9.10. The molecule has 0 saturated carbocycles. The Balaban J connectivity index is 2.18.